The molecule has 0 unspecified atom stereocenters. The van der Waals surface area contributed by atoms with Gasteiger partial charge in [0.1, 0.15) is 0 Å². The number of aryl methyl sites for hydroxylation is 2. The molecular weight excluding hydrogens is 468 g/mol. The molecule has 10 heteroatoms. The Hall–Kier alpha value is -3.76. The highest BCUT2D eigenvalue weighted by atomic mass is 32.2. The maximum absolute atomic E-state index is 13.6. The van der Waals surface area contributed by atoms with Crippen molar-refractivity contribution in [3.05, 3.63) is 86.7 Å². The zero-order valence-corrected chi connectivity index (χ0v) is 19.9. The molecule has 2 aromatic carbocycles. The first-order valence-electron chi connectivity index (χ1n) is 10.6. The largest absolute Gasteiger partial charge is 0.338 e. The summed E-state index contributed by atoms with van der Waals surface area (Å²) in [5.74, 6) is 1.95. The monoisotopic (exact) mass is 486 g/mol. The van der Waals surface area contributed by atoms with Crippen molar-refractivity contribution in [2.24, 2.45) is 0 Å². The molecule has 0 fully saturated rings. The van der Waals surface area contributed by atoms with Gasteiger partial charge < -0.3 is 4.52 Å². The van der Waals surface area contributed by atoms with Crippen LogP contribution < -0.4 is 5.56 Å². The summed E-state index contributed by atoms with van der Waals surface area (Å²) in [6.45, 7) is 3.99. The zero-order chi connectivity index (χ0) is 23.2. The molecule has 0 spiro atoms. The maximum Gasteiger partial charge on any atom is 0.267 e. The quantitative estimate of drug-likeness (QED) is 0.315. The van der Waals surface area contributed by atoms with Gasteiger partial charge in [-0.3, -0.25) is 9.20 Å². The van der Waals surface area contributed by atoms with Gasteiger partial charge in [-0.15, -0.1) is 10.2 Å². The Morgan fingerprint density at radius 2 is 1.85 bits per heavy atom. The van der Waals surface area contributed by atoms with E-state index >= 15 is 0 Å². The SMILES string of the molecule is Cc1cccc(C)c1-n1c(=O)c2ccccc2n2c(SCc3nc(-c4ccsc4)no3)nnc12. The van der Waals surface area contributed by atoms with Gasteiger partial charge in [-0.25, -0.2) is 4.57 Å². The molecule has 6 aromatic rings. The van der Waals surface area contributed by atoms with Crippen LogP contribution in [-0.4, -0.2) is 29.3 Å². The number of benzene rings is 2. The molecule has 168 valence electrons. The third-order valence-corrected chi connectivity index (χ3v) is 7.23. The Morgan fingerprint density at radius 3 is 2.65 bits per heavy atom. The predicted molar refractivity (Wildman–Crippen MR) is 133 cm³/mol. The lowest BCUT2D eigenvalue weighted by Crippen LogP contribution is -2.23. The molecule has 0 aliphatic heterocycles. The molecule has 4 aromatic heterocycles. The minimum atomic E-state index is -0.123. The second-order valence-electron chi connectivity index (χ2n) is 7.83. The van der Waals surface area contributed by atoms with Crippen molar-refractivity contribution in [3.63, 3.8) is 0 Å². The Bertz CT molecular complexity index is 1700. The van der Waals surface area contributed by atoms with Crippen LogP contribution in [0, 0.1) is 13.8 Å². The molecule has 0 aliphatic rings. The fourth-order valence-electron chi connectivity index (χ4n) is 4.08. The first-order chi connectivity index (χ1) is 16.6. The Balaban J connectivity index is 1.48. The third kappa shape index (κ3) is 3.34. The van der Waals surface area contributed by atoms with E-state index in [2.05, 4.69) is 20.3 Å². The second-order valence-corrected chi connectivity index (χ2v) is 9.55. The molecule has 34 heavy (non-hydrogen) atoms. The molecule has 6 rings (SSSR count). The molecule has 0 amide bonds. The minimum Gasteiger partial charge on any atom is -0.338 e. The van der Waals surface area contributed by atoms with Gasteiger partial charge in [-0.1, -0.05) is 47.3 Å². The van der Waals surface area contributed by atoms with E-state index in [1.165, 1.54) is 11.8 Å². The average molecular weight is 487 g/mol. The lowest BCUT2D eigenvalue weighted by molar-refractivity contribution is 0.391. The first kappa shape index (κ1) is 20.8. The standard InChI is InChI=1S/C24H18N6O2S2/c1-14-6-5-7-15(2)20(14)30-22(31)17-8-3-4-9-18(17)29-23(30)26-27-24(29)34-13-19-25-21(28-32-19)16-10-11-33-12-16/h3-12H,13H2,1-2H3. The van der Waals surface area contributed by atoms with E-state index in [4.69, 9.17) is 4.52 Å². The smallest absolute Gasteiger partial charge is 0.267 e. The predicted octanol–water partition coefficient (Wildman–Crippen LogP) is 5.05. The number of fused-ring (bicyclic) bond motifs is 3. The molecular formula is C24H18N6O2S2. The van der Waals surface area contributed by atoms with Crippen LogP contribution in [-0.2, 0) is 5.75 Å². The minimum absolute atomic E-state index is 0.123. The number of nitrogens with zero attached hydrogens (tertiary/aromatic N) is 6. The van der Waals surface area contributed by atoms with Crippen molar-refractivity contribution >= 4 is 39.8 Å². The number of para-hydroxylation sites is 2. The van der Waals surface area contributed by atoms with Crippen molar-refractivity contribution in [2.45, 2.75) is 24.8 Å². The number of rotatable bonds is 5. The lowest BCUT2D eigenvalue weighted by Gasteiger charge is -2.15. The Labute approximate surface area is 201 Å². The first-order valence-corrected chi connectivity index (χ1v) is 12.5. The average Bonchev–Trinajstić information content (AvgIpc) is 3.60. The molecule has 0 atom stereocenters. The maximum atomic E-state index is 13.6. The number of aromatic nitrogens is 6. The molecule has 0 bridgehead atoms. The van der Waals surface area contributed by atoms with E-state index in [1.807, 2.05) is 77.5 Å². The Kier molecular flexibility index (Phi) is 5.04. The topological polar surface area (TPSA) is 91.1 Å². The lowest BCUT2D eigenvalue weighted by atomic mass is 10.1. The summed E-state index contributed by atoms with van der Waals surface area (Å²) in [6, 6.07) is 15.4. The van der Waals surface area contributed by atoms with Gasteiger partial charge in [0, 0.05) is 10.9 Å². The van der Waals surface area contributed by atoms with Crippen molar-refractivity contribution in [2.75, 3.05) is 0 Å². The van der Waals surface area contributed by atoms with Crippen LogP contribution in [0.15, 0.2) is 73.8 Å². The van der Waals surface area contributed by atoms with Gasteiger partial charge in [-0.05, 0) is 48.6 Å². The summed E-state index contributed by atoms with van der Waals surface area (Å²) < 4.78 is 9.02. The summed E-state index contributed by atoms with van der Waals surface area (Å²) in [6.07, 6.45) is 0. The summed E-state index contributed by atoms with van der Waals surface area (Å²) >= 11 is 3.02. The van der Waals surface area contributed by atoms with E-state index in [-0.39, 0.29) is 5.56 Å². The van der Waals surface area contributed by atoms with Crippen LogP contribution in [0.25, 0.3) is 33.8 Å². The molecule has 0 saturated heterocycles. The van der Waals surface area contributed by atoms with Crippen molar-refractivity contribution < 1.29 is 4.52 Å². The van der Waals surface area contributed by atoms with E-state index in [0.29, 0.717) is 33.8 Å². The normalized spacial score (nSPS) is 11.6. The van der Waals surface area contributed by atoms with E-state index in [0.717, 1.165) is 27.9 Å². The molecule has 0 aliphatic carbocycles. The number of hydrogen-bond acceptors (Lipinski definition) is 8. The summed E-state index contributed by atoms with van der Waals surface area (Å²) in [7, 11) is 0. The highest BCUT2D eigenvalue weighted by Crippen LogP contribution is 2.28. The summed E-state index contributed by atoms with van der Waals surface area (Å²) in [5.41, 5.74) is 4.36. The van der Waals surface area contributed by atoms with Crippen LogP contribution in [0.1, 0.15) is 17.0 Å². The van der Waals surface area contributed by atoms with Gasteiger partial charge >= 0.3 is 0 Å². The molecule has 0 radical (unpaired) electrons. The third-order valence-electron chi connectivity index (χ3n) is 5.63. The number of hydrogen-bond donors (Lipinski definition) is 0. The highest BCUT2D eigenvalue weighted by molar-refractivity contribution is 7.98. The van der Waals surface area contributed by atoms with Crippen LogP contribution in [0.2, 0.25) is 0 Å². The Morgan fingerprint density at radius 1 is 1.03 bits per heavy atom. The molecule has 4 heterocycles. The van der Waals surface area contributed by atoms with Crippen LogP contribution in [0.4, 0.5) is 0 Å². The van der Waals surface area contributed by atoms with Crippen molar-refractivity contribution in [1.82, 2.24) is 29.3 Å². The van der Waals surface area contributed by atoms with Gasteiger partial charge in [0.05, 0.1) is 22.3 Å². The fraction of sp³-hybridized carbons (Fsp3) is 0.125. The van der Waals surface area contributed by atoms with Gasteiger partial charge in [0.25, 0.3) is 5.56 Å². The number of thioether (sulfide) groups is 1. The van der Waals surface area contributed by atoms with Crippen LogP contribution >= 0.6 is 23.1 Å². The molecule has 0 N–H and O–H groups in total. The van der Waals surface area contributed by atoms with Crippen molar-refractivity contribution in [3.8, 4) is 17.1 Å². The zero-order valence-electron chi connectivity index (χ0n) is 18.3. The van der Waals surface area contributed by atoms with Gasteiger partial charge in [-0.2, -0.15) is 16.3 Å². The molecule has 0 saturated carbocycles. The van der Waals surface area contributed by atoms with Crippen LogP contribution in [0.5, 0.6) is 0 Å². The van der Waals surface area contributed by atoms with Gasteiger partial charge in [0.15, 0.2) is 5.16 Å². The fourth-order valence-corrected chi connectivity index (χ4v) is 5.49. The van der Waals surface area contributed by atoms with Crippen LogP contribution in [0.3, 0.4) is 0 Å². The van der Waals surface area contributed by atoms with Crippen molar-refractivity contribution in [1.29, 1.82) is 0 Å². The summed E-state index contributed by atoms with van der Waals surface area (Å²) in [5, 5.41) is 18.1. The summed E-state index contributed by atoms with van der Waals surface area (Å²) in [4.78, 5) is 18.1. The molecule has 8 nitrogen and oxygen atoms in total. The van der Waals surface area contributed by atoms with E-state index < -0.39 is 0 Å². The second kappa shape index (κ2) is 8.23. The van der Waals surface area contributed by atoms with E-state index in [9.17, 15) is 4.79 Å². The van der Waals surface area contributed by atoms with E-state index in [1.54, 1.807) is 15.9 Å². The number of thiophene rings is 1. The highest BCUT2D eigenvalue weighted by Gasteiger charge is 2.20. The van der Waals surface area contributed by atoms with Gasteiger partial charge in [0.2, 0.25) is 17.5 Å².